The maximum atomic E-state index is 13.4. The van der Waals surface area contributed by atoms with E-state index < -0.39 is 5.97 Å². The molecular weight excluding hydrogens is 396 g/mol. The van der Waals surface area contributed by atoms with Gasteiger partial charge in [-0.2, -0.15) is 0 Å². The molecule has 1 aromatic heterocycles. The molecule has 2 aliphatic heterocycles. The number of methoxy groups -OCH3 is 1. The van der Waals surface area contributed by atoms with E-state index in [0.717, 1.165) is 42.9 Å². The minimum atomic E-state index is -0.427. The fourth-order valence-corrected chi connectivity index (χ4v) is 4.76. The molecule has 2 aliphatic rings. The van der Waals surface area contributed by atoms with Crippen molar-refractivity contribution in [1.82, 2.24) is 9.88 Å². The predicted molar refractivity (Wildman–Crippen MR) is 116 cm³/mol. The fourth-order valence-electron chi connectivity index (χ4n) is 4.76. The van der Waals surface area contributed by atoms with Crippen LogP contribution in [0.4, 0.5) is 0 Å². The van der Waals surface area contributed by atoms with Crippen LogP contribution in [0.3, 0.4) is 0 Å². The van der Waals surface area contributed by atoms with Gasteiger partial charge < -0.3 is 19.2 Å². The van der Waals surface area contributed by atoms with Gasteiger partial charge in [0.2, 0.25) is 0 Å². The minimum Gasteiger partial charge on any atom is -0.490 e. The number of aromatic amines is 1. The second-order valence-electron chi connectivity index (χ2n) is 8.31. The zero-order valence-corrected chi connectivity index (χ0v) is 18.6. The number of rotatable bonds is 5. The third-order valence-electron chi connectivity index (χ3n) is 6.40. The lowest BCUT2D eigenvalue weighted by Gasteiger charge is -2.30. The summed E-state index contributed by atoms with van der Waals surface area (Å²) in [7, 11) is 1.35. The Balaban J connectivity index is 1.59. The number of ether oxygens (including phenoxy) is 3. The topological polar surface area (TPSA) is 80.9 Å². The van der Waals surface area contributed by atoms with Crippen LogP contribution in [0.15, 0.2) is 18.2 Å². The Kier molecular flexibility index (Phi) is 6.05. The van der Waals surface area contributed by atoms with Crippen LogP contribution in [0.2, 0.25) is 0 Å². The zero-order valence-electron chi connectivity index (χ0n) is 18.6. The number of hydrogen-bond donors (Lipinski definition) is 1. The van der Waals surface area contributed by atoms with Gasteiger partial charge in [0.05, 0.1) is 37.6 Å². The normalized spacial score (nSPS) is 19.7. The van der Waals surface area contributed by atoms with Crippen LogP contribution in [-0.4, -0.2) is 54.5 Å². The number of Topliss-reactive ketones (excluding diaryl/α,β-unsaturated/α-hetero) is 1. The number of aromatic nitrogens is 1. The number of hydrogen-bond acceptors (Lipinski definition) is 6. The largest absolute Gasteiger partial charge is 0.490 e. The molecule has 7 heteroatoms. The van der Waals surface area contributed by atoms with Gasteiger partial charge in [-0.05, 0) is 63.4 Å². The molecule has 1 aromatic carbocycles. The molecule has 1 N–H and O–H groups in total. The molecule has 3 heterocycles. The van der Waals surface area contributed by atoms with Gasteiger partial charge in [-0.25, -0.2) is 4.79 Å². The minimum absolute atomic E-state index is 0.0167. The number of fused-ring (bicyclic) bond motifs is 1. The molecule has 0 radical (unpaired) electrons. The number of esters is 1. The number of aryl methyl sites for hydroxylation is 1. The first-order valence-electron chi connectivity index (χ1n) is 10.9. The van der Waals surface area contributed by atoms with Gasteiger partial charge >= 0.3 is 5.97 Å². The van der Waals surface area contributed by atoms with Gasteiger partial charge in [-0.15, -0.1) is 0 Å². The summed E-state index contributed by atoms with van der Waals surface area (Å²) in [4.78, 5) is 30.9. The number of ketones is 1. The van der Waals surface area contributed by atoms with Crippen molar-refractivity contribution in [1.29, 1.82) is 0 Å². The van der Waals surface area contributed by atoms with E-state index >= 15 is 0 Å². The molecule has 0 unspecified atom stereocenters. The lowest BCUT2D eigenvalue weighted by molar-refractivity contribution is 0.0599. The van der Waals surface area contributed by atoms with E-state index in [0.29, 0.717) is 35.7 Å². The van der Waals surface area contributed by atoms with Gasteiger partial charge in [0, 0.05) is 18.2 Å². The molecule has 1 saturated heterocycles. The Bertz CT molecular complexity index is 996. The van der Waals surface area contributed by atoms with E-state index in [1.165, 1.54) is 7.11 Å². The van der Waals surface area contributed by atoms with E-state index in [9.17, 15) is 9.59 Å². The van der Waals surface area contributed by atoms with Crippen molar-refractivity contribution in [2.45, 2.75) is 52.1 Å². The third-order valence-corrected chi connectivity index (χ3v) is 6.40. The smallest absolute Gasteiger partial charge is 0.339 e. The Labute approximate surface area is 182 Å². The maximum Gasteiger partial charge on any atom is 0.339 e. The molecule has 7 nitrogen and oxygen atoms in total. The van der Waals surface area contributed by atoms with Gasteiger partial charge in [-0.3, -0.25) is 9.69 Å². The summed E-state index contributed by atoms with van der Waals surface area (Å²) >= 11 is 0. The fraction of sp³-hybridized carbons (Fsp3) is 0.500. The second-order valence-corrected chi connectivity index (χ2v) is 8.31. The third kappa shape index (κ3) is 3.94. The van der Waals surface area contributed by atoms with E-state index in [2.05, 4.69) is 22.0 Å². The van der Waals surface area contributed by atoms with Gasteiger partial charge in [0.15, 0.2) is 17.3 Å². The molecule has 0 aliphatic carbocycles. The molecule has 0 amide bonds. The molecule has 1 fully saturated rings. The quantitative estimate of drug-likeness (QED) is 0.575. The molecule has 0 bridgehead atoms. The van der Waals surface area contributed by atoms with Crippen molar-refractivity contribution in [3.05, 3.63) is 46.3 Å². The van der Waals surface area contributed by atoms with Crippen LogP contribution in [0.1, 0.15) is 69.9 Å². The van der Waals surface area contributed by atoms with E-state index in [4.69, 9.17) is 14.2 Å². The Morgan fingerprint density at radius 2 is 1.90 bits per heavy atom. The number of likely N-dealkylation sites (tertiary alicyclic amines) is 1. The molecular formula is C24H30N2O5. The lowest BCUT2D eigenvalue weighted by Crippen LogP contribution is -2.39. The molecule has 2 atom stereocenters. The second kappa shape index (κ2) is 8.75. The highest BCUT2D eigenvalue weighted by atomic mass is 16.5. The summed E-state index contributed by atoms with van der Waals surface area (Å²) in [6.07, 6.45) is 2.87. The van der Waals surface area contributed by atoms with Gasteiger partial charge in [-0.1, -0.05) is 6.07 Å². The monoisotopic (exact) mass is 426 g/mol. The molecule has 31 heavy (non-hydrogen) atoms. The van der Waals surface area contributed by atoms with Crippen LogP contribution in [0.25, 0.3) is 0 Å². The van der Waals surface area contributed by atoms with E-state index in [-0.39, 0.29) is 17.9 Å². The Morgan fingerprint density at radius 3 is 2.65 bits per heavy atom. The highest BCUT2D eigenvalue weighted by molar-refractivity contribution is 6.03. The maximum absolute atomic E-state index is 13.4. The van der Waals surface area contributed by atoms with Gasteiger partial charge in [0.25, 0.3) is 0 Å². The number of carbonyl (C=O) groups excluding carboxylic acids is 2. The standard InChI is InChI=1S/C24H30N2O5/c1-14-21(24(28)29-4)15(2)25-22(14)23(27)16(3)26-10-5-7-18(26)17-8-9-19-20(13-17)31-12-6-11-30-19/h8-9,13,16,18,25H,5-7,10-12H2,1-4H3/t16-,18-/m1/s1. The molecule has 2 aromatic rings. The first-order valence-corrected chi connectivity index (χ1v) is 10.9. The summed E-state index contributed by atoms with van der Waals surface area (Å²) < 4.78 is 16.5. The Morgan fingerprint density at radius 1 is 1.16 bits per heavy atom. The highest BCUT2D eigenvalue weighted by Gasteiger charge is 2.35. The summed E-state index contributed by atoms with van der Waals surface area (Å²) in [5.74, 6) is 1.11. The van der Waals surface area contributed by atoms with Crippen molar-refractivity contribution >= 4 is 11.8 Å². The first kappa shape index (κ1) is 21.4. The van der Waals surface area contributed by atoms with Crippen molar-refractivity contribution in [3.63, 3.8) is 0 Å². The van der Waals surface area contributed by atoms with Crippen LogP contribution >= 0.6 is 0 Å². The highest BCUT2D eigenvalue weighted by Crippen LogP contribution is 2.39. The number of benzene rings is 1. The summed E-state index contributed by atoms with van der Waals surface area (Å²) in [5, 5.41) is 0. The zero-order chi connectivity index (χ0) is 22.1. The first-order chi connectivity index (χ1) is 14.9. The molecule has 4 rings (SSSR count). The summed E-state index contributed by atoms with van der Waals surface area (Å²) in [5.41, 5.74) is 3.36. The molecule has 0 spiro atoms. The summed E-state index contributed by atoms with van der Waals surface area (Å²) in [6.45, 7) is 7.67. The lowest BCUT2D eigenvalue weighted by atomic mass is 10.00. The number of H-pyrrole nitrogens is 1. The van der Waals surface area contributed by atoms with Crippen LogP contribution in [0, 0.1) is 13.8 Å². The van der Waals surface area contributed by atoms with Crippen molar-refractivity contribution in [3.8, 4) is 11.5 Å². The van der Waals surface area contributed by atoms with Crippen molar-refractivity contribution in [2.75, 3.05) is 26.9 Å². The van der Waals surface area contributed by atoms with E-state index in [1.54, 1.807) is 13.8 Å². The molecule has 0 saturated carbocycles. The average molecular weight is 427 g/mol. The number of nitrogens with zero attached hydrogens (tertiary/aromatic N) is 1. The number of carbonyl (C=O) groups is 2. The van der Waals surface area contributed by atoms with Crippen LogP contribution in [0.5, 0.6) is 11.5 Å². The van der Waals surface area contributed by atoms with Crippen molar-refractivity contribution in [2.24, 2.45) is 0 Å². The van der Waals surface area contributed by atoms with Crippen LogP contribution < -0.4 is 9.47 Å². The SMILES string of the molecule is COC(=O)c1c(C)[nH]c(C(=O)[C@@H](C)N2CCC[C@@H]2c2ccc3c(c2)OCCCO3)c1C. The van der Waals surface area contributed by atoms with Gasteiger partial charge in [0.1, 0.15) is 0 Å². The predicted octanol–water partition coefficient (Wildman–Crippen LogP) is 3.99. The van der Waals surface area contributed by atoms with E-state index in [1.807, 2.05) is 13.0 Å². The average Bonchev–Trinajstić information content (AvgIpc) is 3.28. The van der Waals surface area contributed by atoms with Crippen molar-refractivity contribution < 1.29 is 23.8 Å². The van der Waals surface area contributed by atoms with Crippen LogP contribution in [-0.2, 0) is 4.74 Å². The summed E-state index contributed by atoms with van der Waals surface area (Å²) in [6, 6.07) is 5.91. The number of nitrogens with one attached hydrogen (secondary N) is 1. The molecule has 166 valence electrons. The Hall–Kier alpha value is -2.80.